The second-order valence-corrected chi connectivity index (χ2v) is 6.03. The predicted octanol–water partition coefficient (Wildman–Crippen LogP) is 2.04. The van der Waals surface area contributed by atoms with Gasteiger partial charge in [0.15, 0.2) is 0 Å². The number of benzene rings is 1. The van der Waals surface area contributed by atoms with Crippen LogP contribution in [0.5, 0.6) is 0 Å². The molecule has 1 aromatic carbocycles. The number of aromatic nitrogens is 1. The van der Waals surface area contributed by atoms with Crippen molar-refractivity contribution in [1.82, 2.24) is 4.98 Å². The van der Waals surface area contributed by atoms with E-state index in [4.69, 9.17) is 9.52 Å². The number of hydrogen-bond acceptors (Lipinski definition) is 5. The number of aryl methyl sites for hydroxylation is 2. The first-order valence-electron chi connectivity index (χ1n) is 6.14. The van der Waals surface area contributed by atoms with Gasteiger partial charge in [-0.15, -0.1) is 0 Å². The molecule has 1 aromatic heterocycles. The average molecular weight is 310 g/mol. The molecule has 0 bridgehead atoms. The van der Waals surface area contributed by atoms with Gasteiger partial charge in [-0.25, -0.2) is 17.9 Å². The highest BCUT2D eigenvalue weighted by Crippen LogP contribution is 2.21. The summed E-state index contributed by atoms with van der Waals surface area (Å²) in [5, 5.41) is 8.99. The molecular weight excluding hydrogens is 296 g/mol. The minimum atomic E-state index is -3.97. The summed E-state index contributed by atoms with van der Waals surface area (Å²) in [6.45, 7) is 3.44. The van der Waals surface area contributed by atoms with Gasteiger partial charge in [-0.2, -0.15) is 4.98 Å². The summed E-state index contributed by atoms with van der Waals surface area (Å²) >= 11 is 0. The molecule has 112 valence electrons. The number of anilines is 1. The lowest BCUT2D eigenvalue weighted by molar-refractivity contribution is 0.0696. The smallest absolute Gasteiger partial charge is 0.335 e. The van der Waals surface area contributed by atoms with Crippen LogP contribution in [0.2, 0.25) is 0 Å². The minimum absolute atomic E-state index is 0.0965. The maximum absolute atomic E-state index is 12.4. The first kappa shape index (κ1) is 15.0. The Hall–Kier alpha value is -2.35. The van der Waals surface area contributed by atoms with Gasteiger partial charge in [-0.05, 0) is 31.0 Å². The number of carboxylic acid groups (broad SMARTS) is 1. The molecule has 0 aliphatic heterocycles. The van der Waals surface area contributed by atoms with E-state index in [1.807, 2.05) is 0 Å². The van der Waals surface area contributed by atoms with Crippen molar-refractivity contribution in [2.24, 2.45) is 0 Å². The zero-order valence-corrected chi connectivity index (χ0v) is 12.3. The molecule has 0 atom stereocenters. The van der Waals surface area contributed by atoms with Crippen LogP contribution in [0.1, 0.15) is 28.5 Å². The first-order valence-corrected chi connectivity index (χ1v) is 7.63. The number of aromatic carboxylic acids is 1. The molecule has 0 spiro atoms. The van der Waals surface area contributed by atoms with Gasteiger partial charge >= 0.3 is 12.0 Å². The third kappa shape index (κ3) is 3.22. The zero-order chi connectivity index (χ0) is 15.6. The van der Waals surface area contributed by atoms with Gasteiger partial charge in [-0.3, -0.25) is 0 Å². The van der Waals surface area contributed by atoms with Crippen LogP contribution in [0.25, 0.3) is 0 Å². The summed E-state index contributed by atoms with van der Waals surface area (Å²) in [6, 6.07) is 3.82. The molecule has 0 radical (unpaired) electrons. The number of carboxylic acids is 1. The third-order valence-corrected chi connectivity index (χ3v) is 4.23. The van der Waals surface area contributed by atoms with Crippen LogP contribution in [-0.2, 0) is 16.4 Å². The molecule has 2 N–H and O–H groups in total. The minimum Gasteiger partial charge on any atom is -0.478 e. The second kappa shape index (κ2) is 5.57. The Morgan fingerprint density at radius 1 is 1.43 bits per heavy atom. The van der Waals surface area contributed by atoms with Crippen LogP contribution in [-0.4, -0.2) is 24.5 Å². The molecular formula is C13H14N2O5S. The number of rotatable bonds is 5. The fourth-order valence-electron chi connectivity index (χ4n) is 1.80. The second-order valence-electron chi connectivity index (χ2n) is 4.38. The maximum Gasteiger partial charge on any atom is 0.335 e. The lowest BCUT2D eigenvalue weighted by Crippen LogP contribution is -2.16. The van der Waals surface area contributed by atoms with Gasteiger partial charge in [-0.1, -0.05) is 13.0 Å². The van der Waals surface area contributed by atoms with E-state index in [9.17, 15) is 13.2 Å². The summed E-state index contributed by atoms with van der Waals surface area (Å²) in [6.07, 6.45) is 1.76. The average Bonchev–Trinajstić information content (AvgIpc) is 2.82. The highest BCUT2D eigenvalue weighted by molar-refractivity contribution is 7.92. The van der Waals surface area contributed by atoms with Crippen molar-refractivity contribution in [2.75, 3.05) is 4.72 Å². The van der Waals surface area contributed by atoms with Gasteiger partial charge < -0.3 is 9.52 Å². The normalized spacial score (nSPS) is 11.3. The van der Waals surface area contributed by atoms with Crippen LogP contribution in [0, 0.1) is 6.92 Å². The Labute approximate surface area is 121 Å². The molecule has 0 amide bonds. The summed E-state index contributed by atoms with van der Waals surface area (Å²) in [5.41, 5.74) is 0.939. The van der Waals surface area contributed by atoms with E-state index in [0.717, 1.165) is 6.07 Å². The van der Waals surface area contributed by atoms with E-state index >= 15 is 0 Å². The summed E-state index contributed by atoms with van der Waals surface area (Å²) < 4.78 is 31.9. The van der Waals surface area contributed by atoms with Crippen LogP contribution in [0.15, 0.2) is 33.8 Å². The van der Waals surface area contributed by atoms with Crippen molar-refractivity contribution < 1.29 is 22.7 Å². The lowest BCUT2D eigenvalue weighted by Gasteiger charge is -2.10. The summed E-state index contributed by atoms with van der Waals surface area (Å²) in [4.78, 5) is 14.8. The number of hydrogen-bond donors (Lipinski definition) is 2. The monoisotopic (exact) mass is 310 g/mol. The standard InChI is InChI=1S/C13H14N2O5S/c1-3-9-4-5-10(12(16)17)6-11(9)21(18,19)15-13-14-8(2)7-20-13/h4-7H,3H2,1-2H3,(H,14,15)(H,16,17). The highest BCUT2D eigenvalue weighted by Gasteiger charge is 2.22. The van der Waals surface area contributed by atoms with E-state index in [1.165, 1.54) is 18.4 Å². The van der Waals surface area contributed by atoms with E-state index in [0.29, 0.717) is 17.7 Å². The van der Waals surface area contributed by atoms with Crippen molar-refractivity contribution in [1.29, 1.82) is 0 Å². The van der Waals surface area contributed by atoms with Crippen LogP contribution in [0.4, 0.5) is 6.01 Å². The van der Waals surface area contributed by atoms with Gasteiger partial charge in [0.1, 0.15) is 6.26 Å². The number of oxazole rings is 1. The van der Waals surface area contributed by atoms with Gasteiger partial charge in [0.05, 0.1) is 16.2 Å². The predicted molar refractivity (Wildman–Crippen MR) is 74.8 cm³/mol. The van der Waals surface area contributed by atoms with E-state index < -0.39 is 16.0 Å². The molecule has 0 unspecified atom stereocenters. The fourth-order valence-corrected chi connectivity index (χ4v) is 3.07. The maximum atomic E-state index is 12.4. The van der Waals surface area contributed by atoms with Crippen molar-refractivity contribution in [2.45, 2.75) is 25.2 Å². The summed E-state index contributed by atoms with van der Waals surface area (Å²) in [7, 11) is -3.97. The van der Waals surface area contributed by atoms with Crippen molar-refractivity contribution in [3.05, 3.63) is 41.3 Å². The Kier molecular flexibility index (Phi) is 3.99. The molecule has 21 heavy (non-hydrogen) atoms. The van der Waals surface area contributed by atoms with Crippen molar-refractivity contribution >= 4 is 22.0 Å². The zero-order valence-electron chi connectivity index (χ0n) is 11.5. The molecule has 2 aromatic rings. The molecule has 1 heterocycles. The highest BCUT2D eigenvalue weighted by atomic mass is 32.2. The summed E-state index contributed by atoms with van der Waals surface area (Å²) in [5.74, 6) is -1.19. The number of nitrogens with zero attached hydrogens (tertiary/aromatic N) is 1. The van der Waals surface area contributed by atoms with Gasteiger partial charge in [0.2, 0.25) is 0 Å². The Bertz CT molecular complexity index is 780. The molecule has 0 aliphatic carbocycles. The Morgan fingerprint density at radius 2 is 2.14 bits per heavy atom. The van der Waals surface area contributed by atoms with E-state index in [-0.39, 0.29) is 16.5 Å². The van der Waals surface area contributed by atoms with Gasteiger partial charge in [0, 0.05) is 0 Å². The third-order valence-electron chi connectivity index (χ3n) is 2.83. The van der Waals surface area contributed by atoms with Gasteiger partial charge in [0.25, 0.3) is 10.0 Å². The molecule has 8 heteroatoms. The molecule has 0 saturated carbocycles. The van der Waals surface area contributed by atoms with Crippen LogP contribution in [0.3, 0.4) is 0 Å². The van der Waals surface area contributed by atoms with Crippen LogP contribution < -0.4 is 4.72 Å². The first-order chi connectivity index (χ1) is 9.83. The van der Waals surface area contributed by atoms with E-state index in [2.05, 4.69) is 9.71 Å². The number of sulfonamides is 1. The Balaban J connectivity index is 2.47. The molecule has 2 rings (SSSR count). The quantitative estimate of drug-likeness (QED) is 0.874. The lowest BCUT2D eigenvalue weighted by atomic mass is 10.1. The van der Waals surface area contributed by atoms with E-state index in [1.54, 1.807) is 13.8 Å². The van der Waals surface area contributed by atoms with Crippen LogP contribution >= 0.6 is 0 Å². The SMILES string of the molecule is CCc1ccc(C(=O)O)cc1S(=O)(=O)Nc1nc(C)co1. The number of nitrogens with one attached hydrogen (secondary N) is 1. The van der Waals surface area contributed by atoms with Crippen molar-refractivity contribution in [3.63, 3.8) is 0 Å². The molecule has 0 aliphatic rings. The molecule has 0 saturated heterocycles. The topological polar surface area (TPSA) is 110 Å². The molecule has 0 fully saturated rings. The largest absolute Gasteiger partial charge is 0.478 e. The molecule has 7 nitrogen and oxygen atoms in total. The number of carbonyl (C=O) groups is 1. The fraction of sp³-hybridized carbons (Fsp3) is 0.231. The Morgan fingerprint density at radius 3 is 2.67 bits per heavy atom. The van der Waals surface area contributed by atoms with Crippen molar-refractivity contribution in [3.8, 4) is 0 Å².